The number of aryl methyl sites for hydroxylation is 1. The lowest BCUT2D eigenvalue weighted by Gasteiger charge is -2.25. The SMILES string of the molecule is CCc1nnc2c(S(=O)(=O)N(Cc3cccc(OC)c3)c3ccccc3)cccn12. The predicted molar refractivity (Wildman–Crippen MR) is 115 cm³/mol. The van der Waals surface area contributed by atoms with E-state index in [1.165, 1.54) is 4.31 Å². The van der Waals surface area contributed by atoms with Crippen molar-refractivity contribution in [1.29, 1.82) is 0 Å². The van der Waals surface area contributed by atoms with Crippen molar-refractivity contribution in [3.63, 3.8) is 0 Å². The fourth-order valence-electron chi connectivity index (χ4n) is 3.35. The molecule has 2 heterocycles. The summed E-state index contributed by atoms with van der Waals surface area (Å²) in [5, 5.41) is 8.29. The van der Waals surface area contributed by atoms with Crippen molar-refractivity contribution in [2.75, 3.05) is 11.4 Å². The van der Waals surface area contributed by atoms with Crippen LogP contribution in [0.4, 0.5) is 5.69 Å². The first kappa shape index (κ1) is 19.9. The van der Waals surface area contributed by atoms with Crippen LogP contribution in [0.3, 0.4) is 0 Å². The number of pyridine rings is 1. The first-order valence-electron chi connectivity index (χ1n) is 9.58. The number of methoxy groups -OCH3 is 1. The Balaban J connectivity index is 1.85. The fraction of sp³-hybridized carbons (Fsp3) is 0.182. The molecule has 0 spiro atoms. The molecule has 2 aromatic carbocycles. The molecule has 0 unspecified atom stereocenters. The third kappa shape index (κ3) is 3.61. The molecule has 2 aromatic heterocycles. The molecule has 30 heavy (non-hydrogen) atoms. The van der Waals surface area contributed by atoms with E-state index >= 15 is 0 Å². The molecule has 4 aromatic rings. The molecule has 0 radical (unpaired) electrons. The molecular formula is C22H22N4O3S. The summed E-state index contributed by atoms with van der Waals surface area (Å²) in [6.07, 6.45) is 2.43. The van der Waals surface area contributed by atoms with E-state index in [1.54, 1.807) is 42.0 Å². The third-order valence-electron chi connectivity index (χ3n) is 4.86. The second-order valence-corrected chi connectivity index (χ2v) is 8.57. The predicted octanol–water partition coefficient (Wildman–Crippen LogP) is 3.70. The largest absolute Gasteiger partial charge is 0.497 e. The molecule has 0 aliphatic rings. The highest BCUT2D eigenvalue weighted by atomic mass is 32.2. The summed E-state index contributed by atoms with van der Waals surface area (Å²) in [4.78, 5) is 0.115. The van der Waals surface area contributed by atoms with Gasteiger partial charge in [0.05, 0.1) is 19.3 Å². The Hall–Kier alpha value is -3.39. The molecule has 0 fully saturated rings. The highest BCUT2D eigenvalue weighted by Crippen LogP contribution is 2.28. The standard InChI is InChI=1S/C22H22N4O3S/c1-3-21-23-24-22-20(13-8-14-25(21)22)30(27,28)26(18-10-5-4-6-11-18)16-17-9-7-12-19(15-17)29-2/h4-15H,3,16H2,1-2H3. The Kier molecular flexibility index (Phi) is 5.41. The average molecular weight is 423 g/mol. The second kappa shape index (κ2) is 8.16. The summed E-state index contributed by atoms with van der Waals surface area (Å²) in [7, 11) is -2.34. The van der Waals surface area contributed by atoms with E-state index in [2.05, 4.69) is 10.2 Å². The van der Waals surface area contributed by atoms with Crippen LogP contribution < -0.4 is 9.04 Å². The van der Waals surface area contributed by atoms with E-state index in [1.807, 2.05) is 49.4 Å². The number of sulfonamides is 1. The summed E-state index contributed by atoms with van der Waals surface area (Å²) in [6.45, 7) is 2.11. The minimum absolute atomic E-state index is 0.115. The lowest BCUT2D eigenvalue weighted by atomic mass is 10.2. The van der Waals surface area contributed by atoms with Gasteiger partial charge in [0.1, 0.15) is 16.5 Å². The highest BCUT2D eigenvalue weighted by Gasteiger charge is 2.29. The number of hydrogen-bond donors (Lipinski definition) is 0. The topological polar surface area (TPSA) is 76.8 Å². The molecule has 0 aliphatic carbocycles. The number of benzene rings is 2. The molecule has 4 rings (SSSR count). The van der Waals surface area contributed by atoms with Crippen molar-refractivity contribution in [2.24, 2.45) is 0 Å². The Bertz CT molecular complexity index is 1270. The van der Waals surface area contributed by atoms with Crippen LogP contribution in [-0.2, 0) is 23.0 Å². The minimum atomic E-state index is -3.92. The minimum Gasteiger partial charge on any atom is -0.497 e. The molecule has 7 nitrogen and oxygen atoms in total. The highest BCUT2D eigenvalue weighted by molar-refractivity contribution is 7.93. The van der Waals surface area contributed by atoms with Gasteiger partial charge >= 0.3 is 0 Å². The lowest BCUT2D eigenvalue weighted by Crippen LogP contribution is -2.31. The van der Waals surface area contributed by atoms with E-state index in [0.29, 0.717) is 29.3 Å². The molecule has 0 bridgehead atoms. The maximum absolute atomic E-state index is 13.8. The number of aromatic nitrogens is 3. The monoisotopic (exact) mass is 422 g/mol. The maximum Gasteiger partial charge on any atom is 0.268 e. The van der Waals surface area contributed by atoms with Crippen LogP contribution in [0.5, 0.6) is 5.75 Å². The van der Waals surface area contributed by atoms with E-state index in [0.717, 1.165) is 5.56 Å². The van der Waals surface area contributed by atoms with Gasteiger partial charge in [0.2, 0.25) is 0 Å². The van der Waals surface area contributed by atoms with Crippen LogP contribution in [0.25, 0.3) is 5.65 Å². The van der Waals surface area contributed by atoms with Crippen LogP contribution in [0.2, 0.25) is 0 Å². The molecule has 0 saturated heterocycles. The molecule has 0 amide bonds. The second-order valence-electron chi connectivity index (χ2n) is 6.73. The number of hydrogen-bond acceptors (Lipinski definition) is 5. The number of fused-ring (bicyclic) bond motifs is 1. The number of rotatable bonds is 7. The van der Waals surface area contributed by atoms with Gasteiger partial charge in [0.15, 0.2) is 5.65 Å². The molecular weight excluding hydrogens is 400 g/mol. The zero-order chi connectivity index (χ0) is 21.1. The molecule has 0 N–H and O–H groups in total. The molecule has 154 valence electrons. The van der Waals surface area contributed by atoms with Crippen molar-refractivity contribution in [3.05, 3.63) is 84.3 Å². The van der Waals surface area contributed by atoms with Gasteiger partial charge in [-0.3, -0.25) is 8.71 Å². The lowest BCUT2D eigenvalue weighted by molar-refractivity contribution is 0.414. The van der Waals surface area contributed by atoms with E-state index < -0.39 is 10.0 Å². The van der Waals surface area contributed by atoms with Crippen LogP contribution in [0, 0.1) is 0 Å². The van der Waals surface area contributed by atoms with Crippen molar-refractivity contribution in [2.45, 2.75) is 24.8 Å². The first-order valence-corrected chi connectivity index (χ1v) is 11.0. The fourth-order valence-corrected chi connectivity index (χ4v) is 4.92. The van der Waals surface area contributed by atoms with Gasteiger partial charge in [0, 0.05) is 12.6 Å². The molecule has 8 heteroatoms. The van der Waals surface area contributed by atoms with Gasteiger partial charge in [-0.15, -0.1) is 10.2 Å². The Morgan fingerprint density at radius 2 is 1.80 bits per heavy atom. The summed E-state index contributed by atoms with van der Waals surface area (Å²) < 4.78 is 36.0. The quantitative estimate of drug-likeness (QED) is 0.454. The summed E-state index contributed by atoms with van der Waals surface area (Å²) in [5.74, 6) is 1.38. The zero-order valence-electron chi connectivity index (χ0n) is 16.8. The van der Waals surface area contributed by atoms with Crippen molar-refractivity contribution in [1.82, 2.24) is 14.6 Å². The number of para-hydroxylation sites is 1. The third-order valence-corrected chi connectivity index (χ3v) is 6.65. The Labute approximate surface area is 175 Å². The molecule has 0 aliphatic heterocycles. The number of anilines is 1. The summed E-state index contributed by atoms with van der Waals surface area (Å²) in [5.41, 5.74) is 1.70. The number of nitrogens with zero attached hydrogens (tertiary/aromatic N) is 4. The number of ether oxygens (including phenoxy) is 1. The first-order chi connectivity index (χ1) is 14.5. The van der Waals surface area contributed by atoms with Gasteiger partial charge < -0.3 is 4.74 Å². The molecule has 0 saturated carbocycles. The van der Waals surface area contributed by atoms with Crippen LogP contribution >= 0.6 is 0 Å². The Morgan fingerprint density at radius 3 is 2.53 bits per heavy atom. The van der Waals surface area contributed by atoms with Gasteiger partial charge in [-0.2, -0.15) is 0 Å². The molecule has 0 atom stereocenters. The smallest absolute Gasteiger partial charge is 0.268 e. The van der Waals surface area contributed by atoms with Gasteiger partial charge in [0.25, 0.3) is 10.0 Å². The summed E-state index contributed by atoms with van der Waals surface area (Å²) >= 11 is 0. The van der Waals surface area contributed by atoms with Crippen molar-refractivity contribution in [3.8, 4) is 5.75 Å². The van der Waals surface area contributed by atoms with Crippen LogP contribution in [0.15, 0.2) is 77.8 Å². The van der Waals surface area contributed by atoms with Crippen molar-refractivity contribution < 1.29 is 13.2 Å². The Morgan fingerprint density at radius 1 is 1.00 bits per heavy atom. The van der Waals surface area contributed by atoms with Crippen LogP contribution in [0.1, 0.15) is 18.3 Å². The van der Waals surface area contributed by atoms with Crippen LogP contribution in [-0.4, -0.2) is 30.1 Å². The van der Waals surface area contributed by atoms with Gasteiger partial charge in [-0.1, -0.05) is 37.3 Å². The summed E-state index contributed by atoms with van der Waals surface area (Å²) in [6, 6.07) is 19.7. The zero-order valence-corrected chi connectivity index (χ0v) is 17.6. The van der Waals surface area contributed by atoms with E-state index in [9.17, 15) is 8.42 Å². The normalized spacial score (nSPS) is 11.5. The average Bonchev–Trinajstić information content (AvgIpc) is 3.21. The van der Waals surface area contributed by atoms with Crippen molar-refractivity contribution >= 4 is 21.4 Å². The van der Waals surface area contributed by atoms with Gasteiger partial charge in [-0.05, 0) is 42.0 Å². The van der Waals surface area contributed by atoms with E-state index in [-0.39, 0.29) is 11.4 Å². The van der Waals surface area contributed by atoms with E-state index in [4.69, 9.17) is 4.74 Å². The van der Waals surface area contributed by atoms with Gasteiger partial charge in [-0.25, -0.2) is 8.42 Å². The maximum atomic E-state index is 13.8.